The summed E-state index contributed by atoms with van der Waals surface area (Å²) in [6.07, 6.45) is -0.862. The monoisotopic (exact) mass is 487 g/mol. The summed E-state index contributed by atoms with van der Waals surface area (Å²) in [6.45, 7) is -0.449. The molecule has 0 unspecified atom stereocenters. The molecule has 1 saturated carbocycles. The highest BCUT2D eigenvalue weighted by molar-refractivity contribution is 7.92. The summed E-state index contributed by atoms with van der Waals surface area (Å²) >= 11 is 6.07. The largest absolute Gasteiger partial charge is 0.393 e. The number of sulfone groups is 1. The highest BCUT2D eigenvalue weighted by Crippen LogP contribution is 2.38. The van der Waals surface area contributed by atoms with E-state index in [0.717, 1.165) is 24.3 Å². The lowest BCUT2D eigenvalue weighted by molar-refractivity contribution is -0.128. The molecule has 1 atom stereocenters. The summed E-state index contributed by atoms with van der Waals surface area (Å²) in [5.74, 6) is -4.00. The third-order valence-corrected chi connectivity index (χ3v) is 7.76. The number of aliphatic hydroxyl groups excluding tert-OH is 1. The standard InChI is InChI=1S/C20H20ClF2N3O5S/c21-14-3-1-10(19(28)25-12-2-4-15(22)16(23)8-12)7-17(14)32(30,31)13-5-11(6-13)20(29)26-18(24)9-27/h1-4,7-8,11,13,18,27H,5-6,9,24H2,(H,25,28)(H,26,29)/t11-,13+,18-/m1/s1. The Balaban J connectivity index is 1.74. The summed E-state index contributed by atoms with van der Waals surface area (Å²) in [4.78, 5) is 24.2. The van der Waals surface area contributed by atoms with Gasteiger partial charge in [0.1, 0.15) is 6.17 Å². The van der Waals surface area contributed by atoms with Gasteiger partial charge in [-0.1, -0.05) is 11.6 Å². The number of nitrogens with two attached hydrogens (primary N) is 1. The second-order valence-electron chi connectivity index (χ2n) is 7.36. The lowest BCUT2D eigenvalue weighted by Gasteiger charge is -2.34. The van der Waals surface area contributed by atoms with Crippen molar-refractivity contribution in [1.82, 2.24) is 5.32 Å². The molecule has 0 aromatic heterocycles. The van der Waals surface area contributed by atoms with Crippen molar-refractivity contribution >= 4 is 38.9 Å². The third kappa shape index (κ3) is 5.07. The number of nitrogens with one attached hydrogen (secondary N) is 2. The first-order chi connectivity index (χ1) is 15.0. The Morgan fingerprint density at radius 1 is 1.16 bits per heavy atom. The quantitative estimate of drug-likeness (QED) is 0.439. The molecule has 3 rings (SSSR count). The lowest BCUT2D eigenvalue weighted by Crippen LogP contribution is -2.51. The topological polar surface area (TPSA) is 139 Å². The second kappa shape index (κ2) is 9.49. The molecular formula is C20H20ClF2N3O5S. The van der Waals surface area contributed by atoms with E-state index in [0.29, 0.717) is 0 Å². The summed E-state index contributed by atoms with van der Waals surface area (Å²) in [7, 11) is -3.96. The maximum Gasteiger partial charge on any atom is 0.255 e. The van der Waals surface area contributed by atoms with E-state index in [1.807, 2.05) is 0 Å². The smallest absolute Gasteiger partial charge is 0.255 e. The molecular weight excluding hydrogens is 468 g/mol. The van der Waals surface area contributed by atoms with Gasteiger partial charge in [-0.05, 0) is 43.2 Å². The number of hydrogen-bond donors (Lipinski definition) is 4. The molecule has 2 aromatic carbocycles. The third-order valence-electron chi connectivity index (χ3n) is 5.11. The minimum atomic E-state index is -3.96. The van der Waals surface area contributed by atoms with Gasteiger partial charge in [0, 0.05) is 23.2 Å². The van der Waals surface area contributed by atoms with Gasteiger partial charge in [0.25, 0.3) is 5.91 Å². The zero-order chi connectivity index (χ0) is 23.6. The van der Waals surface area contributed by atoms with Crippen molar-refractivity contribution in [3.63, 3.8) is 0 Å². The van der Waals surface area contributed by atoms with E-state index in [1.54, 1.807) is 0 Å². The molecule has 32 heavy (non-hydrogen) atoms. The molecule has 1 fully saturated rings. The van der Waals surface area contributed by atoms with Crippen LogP contribution in [0.1, 0.15) is 23.2 Å². The number of amides is 2. The molecule has 0 aliphatic heterocycles. The molecule has 5 N–H and O–H groups in total. The van der Waals surface area contributed by atoms with Gasteiger partial charge in [0.05, 0.1) is 21.8 Å². The molecule has 0 saturated heterocycles. The van der Waals surface area contributed by atoms with E-state index >= 15 is 0 Å². The van der Waals surface area contributed by atoms with Crippen LogP contribution in [-0.2, 0) is 14.6 Å². The number of halogens is 3. The minimum absolute atomic E-state index is 0.0119. The maximum atomic E-state index is 13.3. The fourth-order valence-corrected chi connectivity index (χ4v) is 5.60. The zero-order valence-electron chi connectivity index (χ0n) is 16.5. The number of benzene rings is 2. The molecule has 0 bridgehead atoms. The van der Waals surface area contributed by atoms with E-state index in [2.05, 4.69) is 10.6 Å². The van der Waals surface area contributed by atoms with Gasteiger partial charge in [-0.3, -0.25) is 9.59 Å². The summed E-state index contributed by atoms with van der Waals surface area (Å²) in [5.41, 5.74) is 5.38. The Hall–Kier alpha value is -2.60. The van der Waals surface area contributed by atoms with Gasteiger partial charge in [0.2, 0.25) is 5.91 Å². The summed E-state index contributed by atoms with van der Waals surface area (Å²) in [6, 6.07) is 6.44. The van der Waals surface area contributed by atoms with Gasteiger partial charge < -0.3 is 21.5 Å². The van der Waals surface area contributed by atoms with Gasteiger partial charge in [-0.2, -0.15) is 0 Å². The van der Waals surface area contributed by atoms with E-state index in [1.165, 1.54) is 12.1 Å². The van der Waals surface area contributed by atoms with Gasteiger partial charge in [0.15, 0.2) is 21.5 Å². The first-order valence-corrected chi connectivity index (χ1v) is 11.4. The summed E-state index contributed by atoms with van der Waals surface area (Å²) in [5, 5.41) is 12.6. The van der Waals surface area contributed by atoms with Crippen LogP contribution in [0.15, 0.2) is 41.3 Å². The van der Waals surface area contributed by atoms with Crippen molar-refractivity contribution in [3.8, 4) is 0 Å². The molecule has 0 spiro atoms. The first-order valence-electron chi connectivity index (χ1n) is 9.49. The van der Waals surface area contributed by atoms with Crippen LogP contribution >= 0.6 is 11.6 Å². The van der Waals surface area contributed by atoms with Crippen molar-refractivity contribution in [3.05, 3.63) is 58.6 Å². The first kappa shape index (κ1) is 24.1. The lowest BCUT2D eigenvalue weighted by atomic mass is 9.84. The van der Waals surface area contributed by atoms with Crippen molar-refractivity contribution in [2.75, 3.05) is 11.9 Å². The fourth-order valence-electron chi connectivity index (χ4n) is 3.20. The highest BCUT2D eigenvalue weighted by Gasteiger charge is 2.43. The van der Waals surface area contributed by atoms with E-state index < -0.39 is 57.2 Å². The molecule has 1 aliphatic rings. The Morgan fingerprint density at radius 2 is 1.84 bits per heavy atom. The molecule has 2 amide bonds. The number of anilines is 1. The predicted molar refractivity (Wildman–Crippen MR) is 113 cm³/mol. The van der Waals surface area contributed by atoms with Crippen LogP contribution in [0.3, 0.4) is 0 Å². The van der Waals surface area contributed by atoms with Crippen LogP contribution in [0.5, 0.6) is 0 Å². The highest BCUT2D eigenvalue weighted by atomic mass is 35.5. The fraction of sp³-hybridized carbons (Fsp3) is 0.300. The van der Waals surface area contributed by atoms with Crippen LogP contribution < -0.4 is 16.4 Å². The number of hydrogen-bond acceptors (Lipinski definition) is 6. The van der Waals surface area contributed by atoms with Crippen molar-refractivity contribution in [2.45, 2.75) is 29.2 Å². The van der Waals surface area contributed by atoms with E-state index in [9.17, 15) is 26.8 Å². The van der Waals surface area contributed by atoms with E-state index in [-0.39, 0.29) is 34.0 Å². The number of rotatable bonds is 7. The Kier molecular flexibility index (Phi) is 7.13. The van der Waals surface area contributed by atoms with Crippen LogP contribution in [-0.4, -0.2) is 43.4 Å². The molecule has 0 radical (unpaired) electrons. The van der Waals surface area contributed by atoms with Gasteiger partial charge >= 0.3 is 0 Å². The Morgan fingerprint density at radius 3 is 2.47 bits per heavy atom. The van der Waals surface area contributed by atoms with Gasteiger partial charge in [-0.15, -0.1) is 0 Å². The SMILES string of the molecule is N[C@@H](CO)NC(=O)[C@H]1C[C@@H](S(=O)(=O)c2cc(C(=O)Nc3ccc(F)c(F)c3)ccc2Cl)C1. The molecule has 2 aromatic rings. The number of aliphatic hydroxyl groups is 1. The normalized spacial score (nSPS) is 19.0. The molecule has 172 valence electrons. The average Bonchev–Trinajstić information content (AvgIpc) is 2.69. The second-order valence-corrected chi connectivity index (χ2v) is 9.96. The van der Waals surface area contributed by atoms with Crippen LogP contribution in [0.4, 0.5) is 14.5 Å². The van der Waals surface area contributed by atoms with Crippen LogP contribution in [0.25, 0.3) is 0 Å². The Bertz CT molecular complexity index is 1160. The number of carbonyl (C=O) groups excluding carboxylic acids is 2. The number of carbonyl (C=O) groups is 2. The summed E-state index contributed by atoms with van der Waals surface area (Å²) < 4.78 is 52.4. The Labute approximate surface area is 187 Å². The molecule has 1 aliphatic carbocycles. The van der Waals surface area contributed by atoms with Gasteiger partial charge in [-0.25, -0.2) is 17.2 Å². The minimum Gasteiger partial charge on any atom is -0.393 e. The van der Waals surface area contributed by atoms with Crippen LogP contribution in [0, 0.1) is 17.6 Å². The average molecular weight is 488 g/mol. The molecule has 8 nitrogen and oxygen atoms in total. The predicted octanol–water partition coefficient (Wildman–Crippen LogP) is 1.82. The van der Waals surface area contributed by atoms with Crippen molar-refractivity contribution in [2.24, 2.45) is 11.7 Å². The maximum absolute atomic E-state index is 13.3. The molecule has 12 heteroatoms. The van der Waals surface area contributed by atoms with E-state index in [4.69, 9.17) is 22.4 Å². The van der Waals surface area contributed by atoms with Crippen LogP contribution in [0.2, 0.25) is 5.02 Å². The zero-order valence-corrected chi connectivity index (χ0v) is 18.1. The van der Waals surface area contributed by atoms with Crippen molar-refractivity contribution < 1.29 is 31.9 Å². The van der Waals surface area contributed by atoms with Crippen molar-refractivity contribution in [1.29, 1.82) is 0 Å². The molecule has 0 heterocycles.